The quantitative estimate of drug-likeness (QED) is 0.562. The van der Waals surface area contributed by atoms with Gasteiger partial charge in [-0.3, -0.25) is 19.7 Å². The number of nitrogens with one attached hydrogen (secondary N) is 2. The highest BCUT2D eigenvalue weighted by molar-refractivity contribution is 5.86. The van der Waals surface area contributed by atoms with Crippen molar-refractivity contribution in [3.8, 4) is 0 Å². The van der Waals surface area contributed by atoms with E-state index in [1.807, 2.05) is 0 Å². The lowest BCUT2D eigenvalue weighted by atomic mass is 10.1. The third kappa shape index (κ3) is 5.25. The third-order valence-electron chi connectivity index (χ3n) is 2.97. The number of aliphatic carboxylic acids is 1. The maximum atomic E-state index is 11.7. The Hall–Kier alpha value is -1.63. The highest BCUT2D eigenvalue weighted by atomic mass is 16.4. The molecular weight excluding hydrogens is 250 g/mol. The highest BCUT2D eigenvalue weighted by Gasteiger charge is 2.28. The van der Waals surface area contributed by atoms with Gasteiger partial charge in [-0.1, -0.05) is 0 Å². The monoisotopic (exact) mass is 271 g/mol. The Balaban J connectivity index is 2.31. The summed E-state index contributed by atoms with van der Waals surface area (Å²) in [6, 6.07) is 0.264. The topological polar surface area (TPSA) is 98.7 Å². The number of carbonyl (C=O) groups excluding carboxylic acids is 2. The predicted molar refractivity (Wildman–Crippen MR) is 68.5 cm³/mol. The average Bonchev–Trinajstić information content (AvgIpc) is 3.09. The molecule has 0 unspecified atom stereocenters. The second kappa shape index (κ2) is 6.01. The second-order valence-corrected chi connectivity index (χ2v) is 5.38. The molecule has 0 aromatic rings. The summed E-state index contributed by atoms with van der Waals surface area (Å²) in [4.78, 5) is 35.4. The number of carboxylic acids is 1. The Morgan fingerprint density at radius 3 is 2.37 bits per heavy atom. The SMILES string of the molecule is CN(CC(=O)NC1CC1)C(=O)CNC(C)(C)C(=O)O. The van der Waals surface area contributed by atoms with E-state index in [1.165, 1.54) is 25.8 Å². The molecule has 1 aliphatic carbocycles. The van der Waals surface area contributed by atoms with Crippen molar-refractivity contribution in [1.29, 1.82) is 0 Å². The Labute approximate surface area is 112 Å². The lowest BCUT2D eigenvalue weighted by molar-refractivity contribution is -0.144. The fourth-order valence-corrected chi connectivity index (χ4v) is 1.31. The second-order valence-electron chi connectivity index (χ2n) is 5.38. The lowest BCUT2D eigenvalue weighted by Crippen LogP contribution is -2.51. The number of amides is 2. The first-order chi connectivity index (χ1) is 8.72. The van der Waals surface area contributed by atoms with Crippen LogP contribution in [0.2, 0.25) is 0 Å². The van der Waals surface area contributed by atoms with Gasteiger partial charge in [-0.25, -0.2) is 0 Å². The molecule has 0 radical (unpaired) electrons. The summed E-state index contributed by atoms with van der Waals surface area (Å²) < 4.78 is 0. The zero-order valence-electron chi connectivity index (χ0n) is 11.5. The van der Waals surface area contributed by atoms with Crippen molar-refractivity contribution in [3.05, 3.63) is 0 Å². The molecular formula is C12H21N3O4. The van der Waals surface area contributed by atoms with Gasteiger partial charge in [-0.2, -0.15) is 0 Å². The number of carbonyl (C=O) groups is 3. The van der Waals surface area contributed by atoms with Gasteiger partial charge in [0.05, 0.1) is 13.1 Å². The molecule has 1 aliphatic rings. The van der Waals surface area contributed by atoms with Crippen LogP contribution in [0.1, 0.15) is 26.7 Å². The standard InChI is InChI=1S/C12H21N3O4/c1-12(2,11(18)19)13-6-10(17)15(3)7-9(16)14-8-4-5-8/h8,13H,4-7H2,1-3H3,(H,14,16)(H,18,19). The van der Waals surface area contributed by atoms with E-state index in [0.717, 1.165) is 12.8 Å². The molecule has 1 saturated carbocycles. The fourth-order valence-electron chi connectivity index (χ4n) is 1.31. The normalized spacial score (nSPS) is 14.9. The summed E-state index contributed by atoms with van der Waals surface area (Å²) in [5.74, 6) is -1.54. The van der Waals surface area contributed by atoms with Crippen molar-refractivity contribution in [2.75, 3.05) is 20.1 Å². The van der Waals surface area contributed by atoms with Crippen molar-refractivity contribution in [2.24, 2.45) is 0 Å². The summed E-state index contributed by atoms with van der Waals surface area (Å²) >= 11 is 0. The van der Waals surface area contributed by atoms with Crippen molar-refractivity contribution < 1.29 is 19.5 Å². The van der Waals surface area contributed by atoms with Crippen LogP contribution >= 0.6 is 0 Å². The van der Waals surface area contributed by atoms with Crippen LogP contribution in [0.25, 0.3) is 0 Å². The third-order valence-corrected chi connectivity index (χ3v) is 2.97. The van der Waals surface area contributed by atoms with Gasteiger partial charge in [0.25, 0.3) is 0 Å². The Bertz CT molecular complexity index is 377. The molecule has 0 aromatic carbocycles. The molecule has 0 spiro atoms. The van der Waals surface area contributed by atoms with Crippen LogP contribution in [0.15, 0.2) is 0 Å². The first-order valence-corrected chi connectivity index (χ1v) is 6.24. The van der Waals surface area contributed by atoms with Gasteiger partial charge < -0.3 is 15.3 Å². The predicted octanol–water partition coefficient (Wildman–Crippen LogP) is -0.824. The minimum absolute atomic E-state index is 0.00941. The van der Waals surface area contributed by atoms with Gasteiger partial charge in [0, 0.05) is 13.1 Å². The van der Waals surface area contributed by atoms with Crippen LogP contribution in [0.5, 0.6) is 0 Å². The minimum Gasteiger partial charge on any atom is -0.480 e. The van der Waals surface area contributed by atoms with Crippen LogP contribution in [0, 0.1) is 0 Å². The summed E-state index contributed by atoms with van der Waals surface area (Å²) in [7, 11) is 1.52. The van der Waals surface area contributed by atoms with E-state index in [2.05, 4.69) is 10.6 Å². The largest absolute Gasteiger partial charge is 0.480 e. The van der Waals surface area contributed by atoms with Gasteiger partial charge in [0.1, 0.15) is 5.54 Å². The molecule has 2 amide bonds. The average molecular weight is 271 g/mol. The van der Waals surface area contributed by atoms with E-state index in [9.17, 15) is 14.4 Å². The van der Waals surface area contributed by atoms with Crippen molar-refractivity contribution in [3.63, 3.8) is 0 Å². The minimum atomic E-state index is -1.17. The molecule has 0 saturated heterocycles. The molecule has 19 heavy (non-hydrogen) atoms. The van der Waals surface area contributed by atoms with Gasteiger partial charge >= 0.3 is 5.97 Å². The molecule has 3 N–H and O–H groups in total. The van der Waals surface area contributed by atoms with E-state index in [-0.39, 0.29) is 30.9 Å². The maximum Gasteiger partial charge on any atom is 0.323 e. The van der Waals surface area contributed by atoms with Crippen LogP contribution in [0.3, 0.4) is 0 Å². The van der Waals surface area contributed by atoms with Gasteiger partial charge in [0.2, 0.25) is 11.8 Å². The molecule has 0 heterocycles. The zero-order valence-corrected chi connectivity index (χ0v) is 11.5. The molecule has 0 aromatic heterocycles. The number of hydrogen-bond acceptors (Lipinski definition) is 4. The molecule has 7 heteroatoms. The molecule has 1 fully saturated rings. The van der Waals surface area contributed by atoms with Crippen LogP contribution in [-0.4, -0.2) is 59.5 Å². The molecule has 1 rings (SSSR count). The van der Waals surface area contributed by atoms with Crippen molar-refractivity contribution in [1.82, 2.24) is 15.5 Å². The van der Waals surface area contributed by atoms with E-state index in [4.69, 9.17) is 5.11 Å². The highest BCUT2D eigenvalue weighted by Crippen LogP contribution is 2.18. The van der Waals surface area contributed by atoms with Gasteiger partial charge in [-0.15, -0.1) is 0 Å². The number of nitrogens with zero attached hydrogens (tertiary/aromatic N) is 1. The van der Waals surface area contributed by atoms with E-state index >= 15 is 0 Å². The summed E-state index contributed by atoms with van der Waals surface area (Å²) in [5, 5.41) is 14.3. The molecule has 0 atom stereocenters. The summed E-state index contributed by atoms with van der Waals surface area (Å²) in [6.07, 6.45) is 2.00. The van der Waals surface area contributed by atoms with Crippen LogP contribution in [0.4, 0.5) is 0 Å². The van der Waals surface area contributed by atoms with Crippen molar-refractivity contribution in [2.45, 2.75) is 38.3 Å². The smallest absolute Gasteiger partial charge is 0.323 e. The Kier molecular flexibility index (Phi) is 4.88. The molecule has 0 aliphatic heterocycles. The molecule has 7 nitrogen and oxygen atoms in total. The van der Waals surface area contributed by atoms with Crippen LogP contribution in [-0.2, 0) is 14.4 Å². The molecule has 0 bridgehead atoms. The number of likely N-dealkylation sites (N-methyl/N-ethyl adjacent to an activating group) is 1. The Morgan fingerprint density at radius 1 is 1.32 bits per heavy atom. The lowest BCUT2D eigenvalue weighted by Gasteiger charge is -2.23. The van der Waals surface area contributed by atoms with E-state index in [0.29, 0.717) is 0 Å². The number of hydrogen-bond donors (Lipinski definition) is 3. The summed E-state index contributed by atoms with van der Waals surface area (Å²) in [6.45, 7) is 2.82. The fraction of sp³-hybridized carbons (Fsp3) is 0.750. The first kappa shape index (κ1) is 15.4. The maximum absolute atomic E-state index is 11.7. The van der Waals surface area contributed by atoms with Gasteiger partial charge in [-0.05, 0) is 26.7 Å². The van der Waals surface area contributed by atoms with Crippen LogP contribution < -0.4 is 10.6 Å². The van der Waals surface area contributed by atoms with Gasteiger partial charge in [0.15, 0.2) is 0 Å². The van der Waals surface area contributed by atoms with E-state index in [1.54, 1.807) is 0 Å². The van der Waals surface area contributed by atoms with E-state index < -0.39 is 11.5 Å². The van der Waals surface area contributed by atoms with Crippen molar-refractivity contribution >= 4 is 17.8 Å². The number of rotatable bonds is 7. The zero-order chi connectivity index (χ0) is 14.6. The first-order valence-electron chi connectivity index (χ1n) is 6.24. The Morgan fingerprint density at radius 2 is 1.89 bits per heavy atom. The summed E-state index contributed by atoms with van der Waals surface area (Å²) in [5.41, 5.74) is -1.17. The number of carboxylic acid groups (broad SMARTS) is 1. The molecule has 108 valence electrons.